The zero-order chi connectivity index (χ0) is 9.30. The Balaban J connectivity index is 3.17. The quantitative estimate of drug-likeness (QED) is 0.708. The molecule has 1 aromatic rings. The van der Waals surface area contributed by atoms with Gasteiger partial charge in [0.05, 0.1) is 14.9 Å². The Labute approximate surface area is 89.2 Å². The van der Waals surface area contributed by atoms with Gasteiger partial charge in [-0.05, 0) is 0 Å². The highest BCUT2D eigenvalue weighted by Crippen LogP contribution is 2.40. The first-order chi connectivity index (χ1) is 5.57. The lowest BCUT2D eigenvalue weighted by atomic mass is 10.3. The van der Waals surface area contributed by atoms with Crippen LogP contribution in [0, 0.1) is 0 Å². The standard InChI is InChI=1S/C7H5Cl3OS/c1-2-3(11)6-4(8)5(9)7(10)12-6/h2H2,1H3. The fourth-order valence-electron chi connectivity index (χ4n) is 0.705. The Bertz CT molecular complexity index is 319. The number of hydrogen-bond donors (Lipinski definition) is 0. The van der Waals surface area contributed by atoms with Crippen LogP contribution in [0.4, 0.5) is 0 Å². The summed E-state index contributed by atoms with van der Waals surface area (Å²) in [5.74, 6) is -0.0289. The monoisotopic (exact) mass is 242 g/mol. The SMILES string of the molecule is CCC(=O)c1sc(Cl)c(Cl)c1Cl. The number of carbonyl (C=O) groups is 1. The zero-order valence-corrected chi connectivity index (χ0v) is 9.24. The molecule has 0 unspecified atom stereocenters. The van der Waals surface area contributed by atoms with Gasteiger partial charge in [-0.2, -0.15) is 0 Å². The molecule has 0 aliphatic carbocycles. The molecule has 0 N–H and O–H groups in total. The van der Waals surface area contributed by atoms with E-state index in [2.05, 4.69) is 0 Å². The van der Waals surface area contributed by atoms with Gasteiger partial charge in [0.25, 0.3) is 0 Å². The summed E-state index contributed by atoms with van der Waals surface area (Å²) in [6.07, 6.45) is 0.410. The molecule has 0 amide bonds. The summed E-state index contributed by atoms with van der Waals surface area (Å²) in [7, 11) is 0. The van der Waals surface area contributed by atoms with Crippen LogP contribution in [0.3, 0.4) is 0 Å². The number of carbonyl (C=O) groups excluding carboxylic acids is 1. The normalized spacial score (nSPS) is 10.3. The topological polar surface area (TPSA) is 17.1 Å². The van der Waals surface area contributed by atoms with E-state index >= 15 is 0 Å². The molecule has 0 aromatic carbocycles. The molecule has 1 rings (SSSR count). The molecule has 0 saturated carbocycles. The van der Waals surface area contributed by atoms with E-state index in [1.165, 1.54) is 0 Å². The summed E-state index contributed by atoms with van der Waals surface area (Å²) in [5.41, 5.74) is 0. The van der Waals surface area contributed by atoms with Gasteiger partial charge in [0, 0.05) is 6.42 Å². The molecule has 0 aliphatic heterocycles. The maximum atomic E-state index is 11.2. The van der Waals surface area contributed by atoms with Gasteiger partial charge >= 0.3 is 0 Å². The van der Waals surface area contributed by atoms with Crippen molar-refractivity contribution in [3.05, 3.63) is 19.3 Å². The minimum absolute atomic E-state index is 0.0289. The van der Waals surface area contributed by atoms with Gasteiger partial charge in [0.15, 0.2) is 5.78 Å². The lowest BCUT2D eigenvalue weighted by Crippen LogP contribution is -1.92. The first-order valence-electron chi connectivity index (χ1n) is 3.24. The van der Waals surface area contributed by atoms with Crippen LogP contribution in [-0.4, -0.2) is 5.78 Å². The summed E-state index contributed by atoms with van der Waals surface area (Å²) in [6, 6.07) is 0. The summed E-state index contributed by atoms with van der Waals surface area (Å²) < 4.78 is 0.374. The van der Waals surface area contributed by atoms with Crippen LogP contribution in [0.25, 0.3) is 0 Å². The Morgan fingerprint density at radius 1 is 1.33 bits per heavy atom. The smallest absolute Gasteiger partial charge is 0.174 e. The third kappa shape index (κ3) is 1.77. The van der Waals surface area contributed by atoms with E-state index in [1.54, 1.807) is 6.92 Å². The van der Waals surface area contributed by atoms with Gasteiger partial charge < -0.3 is 0 Å². The van der Waals surface area contributed by atoms with Gasteiger partial charge in [-0.3, -0.25) is 4.79 Å². The predicted molar refractivity (Wildman–Crippen MR) is 54.0 cm³/mol. The van der Waals surface area contributed by atoms with Crippen molar-refractivity contribution in [1.82, 2.24) is 0 Å². The Morgan fingerprint density at radius 3 is 2.25 bits per heavy atom. The molecule has 0 aliphatic rings. The van der Waals surface area contributed by atoms with E-state index in [4.69, 9.17) is 34.8 Å². The first-order valence-corrected chi connectivity index (χ1v) is 5.19. The number of ketones is 1. The molecule has 1 heterocycles. The molecule has 1 nitrogen and oxygen atoms in total. The van der Waals surface area contributed by atoms with Crippen LogP contribution in [0.2, 0.25) is 14.4 Å². The Morgan fingerprint density at radius 2 is 1.92 bits per heavy atom. The minimum Gasteiger partial charge on any atom is -0.293 e. The maximum Gasteiger partial charge on any atom is 0.174 e. The van der Waals surface area contributed by atoms with Crippen LogP contribution in [0.5, 0.6) is 0 Å². The second-order valence-corrected chi connectivity index (χ2v) is 4.49. The van der Waals surface area contributed by atoms with Crippen LogP contribution >= 0.6 is 46.1 Å². The van der Waals surface area contributed by atoms with Crippen molar-refractivity contribution in [1.29, 1.82) is 0 Å². The number of Topliss-reactive ketones (excluding diaryl/α,β-unsaturated/α-hetero) is 1. The summed E-state index contributed by atoms with van der Waals surface area (Å²) in [5, 5.41) is 0.554. The van der Waals surface area contributed by atoms with Gasteiger partial charge in [-0.1, -0.05) is 41.7 Å². The van der Waals surface area contributed by atoms with Crippen molar-refractivity contribution in [3.8, 4) is 0 Å². The van der Waals surface area contributed by atoms with E-state index in [9.17, 15) is 4.79 Å². The maximum absolute atomic E-state index is 11.2. The average molecular weight is 244 g/mol. The summed E-state index contributed by atoms with van der Waals surface area (Å²) >= 11 is 18.3. The van der Waals surface area contributed by atoms with Crippen molar-refractivity contribution in [2.24, 2.45) is 0 Å². The van der Waals surface area contributed by atoms with E-state index in [0.29, 0.717) is 15.6 Å². The second kappa shape index (κ2) is 3.97. The molecular formula is C7H5Cl3OS. The Hall–Kier alpha value is 0.240. The Kier molecular flexibility index (Phi) is 3.41. The van der Waals surface area contributed by atoms with E-state index < -0.39 is 0 Å². The van der Waals surface area contributed by atoms with Gasteiger partial charge in [-0.25, -0.2) is 0 Å². The highest BCUT2D eigenvalue weighted by atomic mass is 35.5. The summed E-state index contributed by atoms with van der Waals surface area (Å²) in [4.78, 5) is 11.7. The van der Waals surface area contributed by atoms with Crippen molar-refractivity contribution in [2.75, 3.05) is 0 Å². The molecule has 0 atom stereocenters. The summed E-state index contributed by atoms with van der Waals surface area (Å²) in [6.45, 7) is 1.76. The third-order valence-corrected chi connectivity index (χ3v) is 3.94. The first kappa shape index (κ1) is 10.3. The van der Waals surface area contributed by atoms with E-state index in [-0.39, 0.29) is 15.8 Å². The van der Waals surface area contributed by atoms with E-state index in [1.807, 2.05) is 0 Å². The number of thiophene rings is 1. The number of rotatable bonds is 2. The molecule has 0 saturated heterocycles. The third-order valence-electron chi connectivity index (χ3n) is 1.33. The van der Waals surface area contributed by atoms with Crippen molar-refractivity contribution in [3.63, 3.8) is 0 Å². The van der Waals surface area contributed by atoms with Crippen LogP contribution in [0.15, 0.2) is 0 Å². The fraction of sp³-hybridized carbons (Fsp3) is 0.286. The predicted octanol–water partition coefficient (Wildman–Crippen LogP) is 4.30. The molecule has 1 aromatic heterocycles. The van der Waals surface area contributed by atoms with E-state index in [0.717, 1.165) is 11.3 Å². The highest BCUT2D eigenvalue weighted by molar-refractivity contribution is 7.19. The molecular weight excluding hydrogens is 239 g/mol. The average Bonchev–Trinajstić information content (AvgIpc) is 2.32. The van der Waals surface area contributed by atoms with Crippen LogP contribution in [0.1, 0.15) is 23.0 Å². The molecule has 0 spiro atoms. The van der Waals surface area contributed by atoms with Crippen LogP contribution < -0.4 is 0 Å². The molecule has 66 valence electrons. The molecule has 12 heavy (non-hydrogen) atoms. The van der Waals surface area contributed by atoms with Gasteiger partial charge in [-0.15, -0.1) is 11.3 Å². The number of halogens is 3. The molecule has 5 heteroatoms. The number of hydrogen-bond acceptors (Lipinski definition) is 2. The molecule has 0 fully saturated rings. The van der Waals surface area contributed by atoms with Crippen LogP contribution in [-0.2, 0) is 0 Å². The van der Waals surface area contributed by atoms with Crippen molar-refractivity contribution in [2.45, 2.75) is 13.3 Å². The largest absolute Gasteiger partial charge is 0.293 e. The lowest BCUT2D eigenvalue weighted by Gasteiger charge is -1.91. The van der Waals surface area contributed by atoms with Gasteiger partial charge in [0.2, 0.25) is 0 Å². The lowest BCUT2D eigenvalue weighted by molar-refractivity contribution is 0.0992. The fourth-order valence-corrected chi connectivity index (χ4v) is 2.54. The minimum atomic E-state index is -0.0289. The van der Waals surface area contributed by atoms with Crippen molar-refractivity contribution >= 4 is 51.9 Å². The highest BCUT2D eigenvalue weighted by Gasteiger charge is 2.17. The van der Waals surface area contributed by atoms with Gasteiger partial charge in [0.1, 0.15) is 4.34 Å². The molecule has 0 bridgehead atoms. The van der Waals surface area contributed by atoms with Crippen molar-refractivity contribution < 1.29 is 4.79 Å². The molecule has 0 radical (unpaired) electrons. The second-order valence-electron chi connectivity index (χ2n) is 2.11. The zero-order valence-electron chi connectivity index (χ0n) is 6.16.